The number of methoxy groups -OCH3 is 2. The number of aromatic hydroxyl groups is 1. The largest absolute Gasteiger partial charge is 0.494 e. The van der Waals surface area contributed by atoms with Crippen molar-refractivity contribution >= 4 is 23.5 Å². The lowest BCUT2D eigenvalue weighted by Gasteiger charge is -2.14. The molecule has 0 atom stereocenters. The number of pyridine rings is 1. The van der Waals surface area contributed by atoms with Crippen molar-refractivity contribution in [3.05, 3.63) is 58.8 Å². The number of fused-ring (bicyclic) bond motifs is 1. The third-order valence-electron chi connectivity index (χ3n) is 5.80. The zero-order valence-electron chi connectivity index (χ0n) is 19.2. The highest BCUT2D eigenvalue weighted by atomic mass is 32.2. The zero-order valence-corrected chi connectivity index (χ0v) is 20.0. The Morgan fingerprint density at radius 2 is 1.88 bits per heavy atom. The minimum atomic E-state index is -0.126. The number of hydrogen-bond donors (Lipinski definition) is 2. The Balaban J connectivity index is 1.57. The Labute approximate surface area is 198 Å². The van der Waals surface area contributed by atoms with Gasteiger partial charge in [-0.2, -0.15) is 0 Å². The summed E-state index contributed by atoms with van der Waals surface area (Å²) in [6, 6.07) is 9.46. The molecule has 2 heterocycles. The number of ether oxygens (including phenoxy) is 2. The molecule has 7 nitrogen and oxygen atoms in total. The van der Waals surface area contributed by atoms with Gasteiger partial charge >= 0.3 is 0 Å². The van der Waals surface area contributed by atoms with Crippen molar-refractivity contribution in [2.45, 2.75) is 44.2 Å². The summed E-state index contributed by atoms with van der Waals surface area (Å²) in [5, 5.41) is 14.9. The lowest BCUT2D eigenvalue weighted by molar-refractivity contribution is -0.113. The van der Waals surface area contributed by atoms with E-state index in [1.165, 1.54) is 11.8 Å². The van der Waals surface area contributed by atoms with Crippen LogP contribution in [0.25, 0.3) is 0 Å². The first-order valence-corrected chi connectivity index (χ1v) is 12.0. The first-order valence-electron chi connectivity index (χ1n) is 11.0. The van der Waals surface area contributed by atoms with E-state index in [1.807, 2.05) is 35.8 Å². The smallest absolute Gasteiger partial charge is 0.235 e. The molecule has 0 saturated heterocycles. The van der Waals surface area contributed by atoms with E-state index < -0.39 is 0 Å². The maximum atomic E-state index is 12.6. The molecule has 2 aromatic heterocycles. The van der Waals surface area contributed by atoms with E-state index in [0.717, 1.165) is 53.0 Å². The molecule has 0 saturated carbocycles. The lowest BCUT2D eigenvalue weighted by atomic mass is 9.95. The Morgan fingerprint density at radius 1 is 1.12 bits per heavy atom. The fourth-order valence-corrected chi connectivity index (χ4v) is 5.18. The molecule has 0 spiro atoms. The molecule has 1 aliphatic carbocycles. The van der Waals surface area contributed by atoms with Crippen LogP contribution in [0, 0.1) is 6.92 Å². The van der Waals surface area contributed by atoms with Gasteiger partial charge in [-0.05, 0) is 67.5 Å². The number of amides is 1. The van der Waals surface area contributed by atoms with E-state index in [2.05, 4.69) is 10.3 Å². The quantitative estimate of drug-likeness (QED) is 0.472. The minimum absolute atomic E-state index is 0.126. The molecule has 1 aromatic carbocycles. The van der Waals surface area contributed by atoms with Crippen LogP contribution in [0.5, 0.6) is 17.4 Å². The van der Waals surface area contributed by atoms with Crippen LogP contribution >= 0.6 is 11.8 Å². The Morgan fingerprint density at radius 3 is 2.58 bits per heavy atom. The van der Waals surface area contributed by atoms with Crippen molar-refractivity contribution in [3.8, 4) is 17.4 Å². The highest BCUT2D eigenvalue weighted by Gasteiger charge is 2.25. The van der Waals surface area contributed by atoms with Crippen LogP contribution < -0.4 is 14.8 Å². The number of hydrogen-bond acceptors (Lipinski definition) is 6. The van der Waals surface area contributed by atoms with Crippen LogP contribution in [-0.2, 0) is 24.2 Å². The van der Waals surface area contributed by atoms with E-state index >= 15 is 0 Å². The van der Waals surface area contributed by atoms with E-state index in [0.29, 0.717) is 29.7 Å². The van der Waals surface area contributed by atoms with Crippen molar-refractivity contribution in [2.75, 3.05) is 25.3 Å². The summed E-state index contributed by atoms with van der Waals surface area (Å²) in [5.41, 5.74) is 4.18. The first kappa shape index (κ1) is 23.0. The summed E-state index contributed by atoms with van der Waals surface area (Å²) >= 11 is 1.46. The highest BCUT2D eigenvalue weighted by Crippen LogP contribution is 2.40. The van der Waals surface area contributed by atoms with Crippen LogP contribution in [0.2, 0.25) is 0 Å². The Bertz CT molecular complexity index is 1140. The van der Waals surface area contributed by atoms with Crippen LogP contribution in [-0.4, -0.2) is 40.5 Å². The molecular formula is C25H29N3O4S. The van der Waals surface area contributed by atoms with Crippen LogP contribution in [0.1, 0.15) is 35.1 Å². The predicted molar refractivity (Wildman–Crippen MR) is 130 cm³/mol. The fourth-order valence-electron chi connectivity index (χ4n) is 4.14. The van der Waals surface area contributed by atoms with Crippen LogP contribution in [0.3, 0.4) is 0 Å². The average Bonchev–Trinajstić information content (AvgIpc) is 3.10. The van der Waals surface area contributed by atoms with Gasteiger partial charge in [0.15, 0.2) is 17.4 Å². The standard InChI is InChI=1S/C25H29N3O4S/c1-16-8-11-22(26-13-16)27-23(29)15-33-25-19-7-5-4-6-18(19)24(30)28(25)14-17-9-10-20(31-2)21(12-17)32-3/h8-13,30H,4-7,14-15H2,1-3H3,(H,26,27,29). The van der Waals surface area contributed by atoms with E-state index in [1.54, 1.807) is 26.5 Å². The van der Waals surface area contributed by atoms with Crippen molar-refractivity contribution in [1.29, 1.82) is 0 Å². The third-order valence-corrected chi connectivity index (χ3v) is 6.95. The van der Waals surface area contributed by atoms with Gasteiger partial charge in [0.2, 0.25) is 5.91 Å². The molecule has 0 aliphatic heterocycles. The minimum Gasteiger partial charge on any atom is -0.494 e. The summed E-state index contributed by atoms with van der Waals surface area (Å²) < 4.78 is 12.7. The molecule has 33 heavy (non-hydrogen) atoms. The molecule has 174 valence electrons. The van der Waals surface area contributed by atoms with Crippen molar-refractivity contribution in [3.63, 3.8) is 0 Å². The number of benzene rings is 1. The summed E-state index contributed by atoms with van der Waals surface area (Å²) in [7, 11) is 3.21. The van der Waals surface area contributed by atoms with Gasteiger partial charge < -0.3 is 24.5 Å². The maximum absolute atomic E-state index is 12.6. The number of nitrogens with zero attached hydrogens (tertiary/aromatic N) is 2. The fraction of sp³-hybridized carbons (Fsp3) is 0.360. The number of anilines is 1. The molecule has 3 aromatic rings. The topological polar surface area (TPSA) is 85.6 Å². The van der Waals surface area contributed by atoms with E-state index in [-0.39, 0.29) is 11.7 Å². The van der Waals surface area contributed by atoms with E-state index in [4.69, 9.17) is 9.47 Å². The number of carbonyl (C=O) groups is 1. The number of aromatic nitrogens is 2. The number of nitrogens with one attached hydrogen (secondary N) is 1. The molecule has 8 heteroatoms. The molecule has 4 rings (SSSR count). The monoisotopic (exact) mass is 467 g/mol. The van der Waals surface area contributed by atoms with Gasteiger partial charge in [-0.15, -0.1) is 0 Å². The molecule has 0 unspecified atom stereocenters. The number of carbonyl (C=O) groups excluding carboxylic acids is 1. The average molecular weight is 468 g/mol. The van der Waals surface area contributed by atoms with Gasteiger partial charge in [0.25, 0.3) is 0 Å². The van der Waals surface area contributed by atoms with Gasteiger partial charge in [-0.25, -0.2) is 4.98 Å². The van der Waals surface area contributed by atoms with Gasteiger partial charge in [0.05, 0.1) is 31.5 Å². The van der Waals surface area contributed by atoms with E-state index in [9.17, 15) is 9.90 Å². The van der Waals surface area contributed by atoms with Crippen molar-refractivity contribution in [1.82, 2.24) is 9.55 Å². The second-order valence-corrected chi connectivity index (χ2v) is 9.09. The summed E-state index contributed by atoms with van der Waals surface area (Å²) in [4.78, 5) is 16.8. The van der Waals surface area contributed by atoms with Crippen molar-refractivity contribution in [2.24, 2.45) is 0 Å². The summed E-state index contributed by atoms with van der Waals surface area (Å²) in [5.74, 6) is 2.25. The number of aryl methyl sites for hydroxylation is 1. The first-order chi connectivity index (χ1) is 16.0. The third kappa shape index (κ3) is 5.11. The SMILES string of the molecule is COc1ccc(Cn2c(O)c3c(c2SCC(=O)Nc2ccc(C)cn2)CCCC3)cc1OC. The van der Waals surface area contributed by atoms with Gasteiger partial charge in [0.1, 0.15) is 5.82 Å². The normalized spacial score (nSPS) is 12.8. The molecular weight excluding hydrogens is 438 g/mol. The van der Waals surface area contributed by atoms with Gasteiger partial charge in [-0.1, -0.05) is 23.9 Å². The number of thioether (sulfide) groups is 1. The Hall–Kier alpha value is -3.13. The van der Waals surface area contributed by atoms with Crippen LogP contribution in [0.4, 0.5) is 5.82 Å². The second kappa shape index (κ2) is 10.2. The molecule has 0 bridgehead atoms. The lowest BCUT2D eigenvalue weighted by Crippen LogP contribution is -2.15. The number of rotatable bonds is 8. The Kier molecular flexibility index (Phi) is 7.13. The van der Waals surface area contributed by atoms with Gasteiger partial charge in [-0.3, -0.25) is 4.79 Å². The summed E-state index contributed by atoms with van der Waals surface area (Å²) in [6.07, 6.45) is 5.63. The zero-order chi connectivity index (χ0) is 23.4. The molecule has 2 N–H and O–H groups in total. The van der Waals surface area contributed by atoms with Crippen LogP contribution in [0.15, 0.2) is 41.6 Å². The highest BCUT2D eigenvalue weighted by molar-refractivity contribution is 8.00. The molecule has 1 aliphatic rings. The molecule has 0 fully saturated rings. The second-order valence-electron chi connectivity index (χ2n) is 8.13. The maximum Gasteiger partial charge on any atom is 0.235 e. The molecule has 0 radical (unpaired) electrons. The molecule has 1 amide bonds. The van der Waals surface area contributed by atoms with Crippen molar-refractivity contribution < 1.29 is 19.4 Å². The predicted octanol–water partition coefficient (Wildman–Crippen LogP) is 4.57. The summed E-state index contributed by atoms with van der Waals surface area (Å²) in [6.45, 7) is 2.43. The van der Waals surface area contributed by atoms with Gasteiger partial charge in [0, 0.05) is 11.8 Å².